The van der Waals surface area contributed by atoms with Crippen molar-refractivity contribution in [1.82, 2.24) is 0 Å². The summed E-state index contributed by atoms with van der Waals surface area (Å²) in [5, 5.41) is 37.3. The third-order valence-corrected chi connectivity index (χ3v) is 29.4. The average molecular weight is 1930 g/mol. The molecule has 12 rings (SSSR count). The van der Waals surface area contributed by atoms with Crippen LogP contribution in [-0.2, 0) is 126 Å². The lowest BCUT2D eigenvalue weighted by molar-refractivity contribution is -0.342. The van der Waals surface area contributed by atoms with Crippen molar-refractivity contribution in [2.45, 2.75) is 288 Å². The van der Waals surface area contributed by atoms with E-state index >= 15 is 9.59 Å². The predicted molar refractivity (Wildman–Crippen MR) is 510 cm³/mol. The van der Waals surface area contributed by atoms with Crippen molar-refractivity contribution < 1.29 is 139 Å². The lowest BCUT2D eigenvalue weighted by atomic mass is 9.45. The fourth-order valence-electron chi connectivity index (χ4n) is 21.7. The zero-order valence-electron chi connectivity index (χ0n) is 84.1. The number of aliphatic hydroxyl groups is 3. The standard InChI is InChI=1S/C55H70O14.C39H48O11.C16H23FO3/c1-33(2)27-34(3)45(65-32-62-29-39-21-15-12-16-22-39)50(59)66-37(6)35(4)44-36(5)47(57)53(10)42(67-51(60)63-30-40-23-17-13-18-24-40)28-43-55(31-64-43,69-38(7)56)46(53)48(54(11,61)52(44,8)9)68-49(58)41-25-19-14-20-26-41;1-22(24(3)40)30-23(2)32(42)37(7)28(48-35(44)46-20-26-15-11-9-12-16-26)19-29-39(21-47-29,50-25(4)41)31(37)33(38(8,45)36(30,5)6)49-34(43)27-17-13-10-14-18-27;1-12(2)9-13(3)15(16(17)18)20-11-19-10-14-7-5-4-6-8-14/h12-26,33-34,36-37,42-43,45-46,48,61H,27-32H2,1-11H3;9-18,23-24,28-29,31,33,40,45H,19-21H2,1-8H3;4-8,12-13,15H,9-11H2,1-3H3/b44-35-;30-22-;/t34-,36+,37-,42-,43+,45?,46-,48-,53+,54+,55-;23-,24+,28+,29-,31+,33+,37-,38-,39+;13-,15?/m010/s1. The highest BCUT2D eigenvalue weighted by molar-refractivity contribution is 5.94. The van der Waals surface area contributed by atoms with Gasteiger partial charge in [-0.25, -0.2) is 24.0 Å². The second kappa shape index (κ2) is 46.8. The summed E-state index contributed by atoms with van der Waals surface area (Å²) in [5.41, 5.74) is -8.16. The Kier molecular flexibility index (Phi) is 37.1. The van der Waals surface area contributed by atoms with Crippen molar-refractivity contribution in [3.8, 4) is 0 Å². The minimum Gasteiger partial charge on any atom is -0.456 e. The first-order valence-electron chi connectivity index (χ1n) is 47.8. The number of hydrogen-bond acceptors (Lipinski definition) is 28. The van der Waals surface area contributed by atoms with Crippen LogP contribution in [0.15, 0.2) is 204 Å². The van der Waals surface area contributed by atoms with E-state index in [2.05, 4.69) is 13.8 Å². The van der Waals surface area contributed by atoms with Crippen LogP contribution in [0.25, 0.3) is 0 Å². The van der Waals surface area contributed by atoms with E-state index in [9.17, 15) is 58.1 Å². The molecule has 28 nitrogen and oxygen atoms in total. The van der Waals surface area contributed by atoms with Gasteiger partial charge < -0.3 is 86.4 Å². The first kappa shape index (κ1) is 110. The maximum atomic E-state index is 16.0. The molecule has 0 aromatic heterocycles. The maximum absolute atomic E-state index is 16.0. The van der Waals surface area contributed by atoms with Crippen LogP contribution in [-0.4, -0.2) is 185 Å². The lowest BCUT2D eigenvalue weighted by Gasteiger charge is -2.66. The van der Waals surface area contributed by atoms with E-state index in [0.29, 0.717) is 46.8 Å². The molecule has 2 aliphatic heterocycles. The number of esters is 5. The highest BCUT2D eigenvalue weighted by atomic mass is 19.1. The SMILES string of the molecule is CC(=O)O[C@@]12CO[C@@H]1C[C@H](OC(=O)OCc1ccccc1)[C@@]1(C)C(=O)[C@H](C)/C(=C(\C)[C@H](C)O)C(C)(C)[C@](C)(O)[C@@H](OC(=O)c3ccccc3)[C@H]21.CC(=O)O[C@@]12CO[C@@H]1C[C@H](OC(=O)OCc1ccccc1)[C@@]1(C)C(=O)[C@H](C)/C(=C(\C)[C@H](C)OC(=O)C(OCOCc3ccccc3)[C@@H](C)CC(C)C)C(C)(C)[C@](C)(O)[C@@H](OC(=O)c3ccccc3)[C@H]21.CC(C)C[C@H](C)C(OCOCc1ccccc1)C(=O)F. The number of Topliss-reactive ketones (excluding diaryl/α,β-unsaturated/α-hetero) is 2. The second-order valence-electron chi connectivity index (χ2n) is 40.6. The van der Waals surface area contributed by atoms with Gasteiger partial charge in [-0.05, 0) is 161 Å². The Morgan fingerprint density at radius 3 is 1.06 bits per heavy atom. The van der Waals surface area contributed by atoms with Crippen LogP contribution in [0.5, 0.6) is 0 Å². The minimum atomic E-state index is -2.10. The number of ketones is 2. The number of hydrogen-bond donors (Lipinski definition) is 3. The zero-order chi connectivity index (χ0) is 102. The molecule has 6 aliphatic rings. The molecule has 6 aromatic rings. The van der Waals surface area contributed by atoms with Gasteiger partial charge in [0.25, 0.3) is 0 Å². The van der Waals surface area contributed by atoms with Crippen molar-refractivity contribution in [3.63, 3.8) is 0 Å². The van der Waals surface area contributed by atoms with Crippen LogP contribution in [0, 0.1) is 69.0 Å². The third-order valence-electron chi connectivity index (χ3n) is 29.4. The summed E-state index contributed by atoms with van der Waals surface area (Å²) in [6.07, 6.45) is -12.5. The molecule has 4 aliphatic carbocycles. The molecule has 2 heterocycles. The highest BCUT2D eigenvalue weighted by Crippen LogP contribution is 2.66. The van der Waals surface area contributed by atoms with Gasteiger partial charge in [-0.15, -0.1) is 0 Å². The quantitative estimate of drug-likeness (QED) is 0.00860. The normalized spacial score (nSPS) is 29.1. The van der Waals surface area contributed by atoms with E-state index < -0.39 is 189 Å². The van der Waals surface area contributed by atoms with E-state index in [-0.39, 0.29) is 88.3 Å². The fourth-order valence-corrected chi connectivity index (χ4v) is 21.7. The molecule has 2 unspecified atom stereocenters. The van der Waals surface area contributed by atoms with Crippen molar-refractivity contribution in [3.05, 3.63) is 238 Å². The second-order valence-corrected chi connectivity index (χ2v) is 40.6. The highest BCUT2D eigenvalue weighted by Gasteiger charge is 2.79. The molecule has 2 saturated heterocycles. The van der Waals surface area contributed by atoms with Crippen molar-refractivity contribution in [2.24, 2.45) is 69.0 Å². The van der Waals surface area contributed by atoms with Crippen LogP contribution in [0.1, 0.15) is 221 Å². The number of carbonyl (C=O) groups excluding carboxylic acids is 10. The molecule has 6 aromatic carbocycles. The first-order valence-corrected chi connectivity index (χ1v) is 47.8. The summed E-state index contributed by atoms with van der Waals surface area (Å²) >= 11 is 0. The molecule has 139 heavy (non-hydrogen) atoms. The number of aliphatic hydroxyl groups excluding tert-OH is 1. The number of halogens is 1. The van der Waals surface area contributed by atoms with E-state index in [4.69, 9.17) is 71.1 Å². The monoisotopic (exact) mass is 1930 g/mol. The molecule has 0 radical (unpaired) electrons. The molecule has 4 saturated carbocycles. The largest absolute Gasteiger partial charge is 0.508 e. The zero-order valence-corrected chi connectivity index (χ0v) is 84.1. The number of ether oxygens (including phenoxy) is 15. The van der Waals surface area contributed by atoms with E-state index in [0.717, 1.165) is 23.1 Å². The van der Waals surface area contributed by atoms with Gasteiger partial charge in [-0.2, -0.15) is 4.39 Å². The van der Waals surface area contributed by atoms with Gasteiger partial charge in [-0.1, -0.05) is 241 Å². The van der Waals surface area contributed by atoms with Crippen molar-refractivity contribution in [2.75, 3.05) is 26.8 Å². The Balaban J connectivity index is 0.000000246. The lowest BCUT2D eigenvalue weighted by Crippen LogP contribution is -2.80. The Hall–Kier alpha value is -10.7. The Bertz CT molecular complexity index is 5250. The molecule has 756 valence electrons. The summed E-state index contributed by atoms with van der Waals surface area (Å²) in [7, 11) is 0. The van der Waals surface area contributed by atoms with Crippen LogP contribution >= 0.6 is 0 Å². The van der Waals surface area contributed by atoms with Crippen LogP contribution in [0.4, 0.5) is 14.0 Å². The van der Waals surface area contributed by atoms with Gasteiger partial charge in [0.15, 0.2) is 23.4 Å². The molecule has 0 spiro atoms. The van der Waals surface area contributed by atoms with E-state index in [1.54, 1.807) is 192 Å². The summed E-state index contributed by atoms with van der Waals surface area (Å²) in [6, 6.07) is 52.2. The number of benzene rings is 6. The van der Waals surface area contributed by atoms with Gasteiger partial charge in [0, 0.05) is 49.4 Å². The molecule has 3 N–H and O–H groups in total. The van der Waals surface area contributed by atoms with Crippen molar-refractivity contribution >= 4 is 59.8 Å². The maximum Gasteiger partial charge on any atom is 0.508 e. The van der Waals surface area contributed by atoms with Gasteiger partial charge in [-0.3, -0.25) is 24.0 Å². The van der Waals surface area contributed by atoms with Gasteiger partial charge in [0.05, 0.1) is 66.3 Å². The van der Waals surface area contributed by atoms with E-state index in [1.165, 1.54) is 27.7 Å². The number of rotatable bonds is 33. The fraction of sp³-hybridized carbons (Fsp3) is 0.545. The molecule has 0 amide bonds. The Labute approximate surface area is 815 Å². The Morgan fingerprint density at radius 2 is 0.755 bits per heavy atom. The summed E-state index contributed by atoms with van der Waals surface area (Å²) in [6.45, 7) is 37.5. The smallest absolute Gasteiger partial charge is 0.456 e. The van der Waals surface area contributed by atoms with Gasteiger partial charge >= 0.3 is 48.2 Å². The van der Waals surface area contributed by atoms with E-state index in [1.807, 2.05) is 100 Å². The van der Waals surface area contributed by atoms with Crippen LogP contribution < -0.4 is 0 Å². The van der Waals surface area contributed by atoms with Gasteiger partial charge in [0.1, 0.15) is 92.3 Å². The third kappa shape index (κ3) is 24.5. The molecular weight excluding hydrogens is 1790 g/mol. The van der Waals surface area contributed by atoms with Crippen LogP contribution in [0.3, 0.4) is 0 Å². The molecular formula is C110H141FO28. The predicted octanol–water partition coefficient (Wildman–Crippen LogP) is 18.2. The molecule has 22 atom stereocenters. The average Bonchev–Trinajstić information content (AvgIpc) is 0.677. The van der Waals surface area contributed by atoms with Crippen molar-refractivity contribution in [1.29, 1.82) is 0 Å². The molecule has 29 heteroatoms. The molecule has 6 fully saturated rings. The first-order chi connectivity index (χ1) is 65.4. The topological polar surface area (TPSA) is 370 Å². The number of carbonyl (C=O) groups is 10. The number of fused-ring (bicyclic) bond motifs is 6. The summed E-state index contributed by atoms with van der Waals surface area (Å²) in [5.74, 6) is -8.91. The molecule has 0 bridgehead atoms. The summed E-state index contributed by atoms with van der Waals surface area (Å²) < 4.78 is 102. The van der Waals surface area contributed by atoms with Crippen LogP contribution in [0.2, 0.25) is 0 Å². The summed E-state index contributed by atoms with van der Waals surface area (Å²) in [4.78, 5) is 138. The van der Waals surface area contributed by atoms with Gasteiger partial charge in [0.2, 0.25) is 0 Å². The Morgan fingerprint density at radius 1 is 0.439 bits per heavy atom. The minimum absolute atomic E-state index is 0.0570.